The molecule has 0 atom stereocenters. The number of rotatable bonds is 5. The Bertz CT molecular complexity index is 1320. The minimum Gasteiger partial charge on any atom is -0.495 e. The van der Waals surface area contributed by atoms with Gasteiger partial charge in [0.2, 0.25) is 11.8 Å². The maximum atomic E-state index is 13.3. The standard InChI is InChI=1S/C27H26ClN3O3/c1-16-9-10-19(11-17(16)2)22-14-27(33)31(24-8-6-5-7-21(24)29-22)15-26(32)30-23-12-18(3)20(28)13-25(23)34-4/h5-13H,14-15H2,1-4H3,(H,30,32). The lowest BCUT2D eigenvalue weighted by Crippen LogP contribution is -2.38. The molecule has 174 valence electrons. The fourth-order valence-corrected chi connectivity index (χ4v) is 4.02. The molecule has 0 radical (unpaired) electrons. The molecular weight excluding hydrogens is 450 g/mol. The Morgan fingerprint density at radius 2 is 1.82 bits per heavy atom. The van der Waals surface area contributed by atoms with Crippen LogP contribution in [0.1, 0.15) is 28.7 Å². The summed E-state index contributed by atoms with van der Waals surface area (Å²) in [6.45, 7) is 5.77. The highest BCUT2D eigenvalue weighted by Crippen LogP contribution is 2.34. The van der Waals surface area contributed by atoms with Crippen LogP contribution < -0.4 is 15.0 Å². The van der Waals surface area contributed by atoms with Crippen LogP contribution >= 0.6 is 11.6 Å². The van der Waals surface area contributed by atoms with Gasteiger partial charge in [0.15, 0.2) is 0 Å². The molecule has 0 fully saturated rings. The number of methoxy groups -OCH3 is 1. The fourth-order valence-electron chi connectivity index (χ4n) is 3.87. The highest BCUT2D eigenvalue weighted by Gasteiger charge is 2.27. The van der Waals surface area contributed by atoms with E-state index in [-0.39, 0.29) is 24.8 Å². The van der Waals surface area contributed by atoms with Crippen molar-refractivity contribution in [3.05, 3.63) is 81.9 Å². The van der Waals surface area contributed by atoms with Gasteiger partial charge in [-0.25, -0.2) is 0 Å². The summed E-state index contributed by atoms with van der Waals surface area (Å²) >= 11 is 6.17. The van der Waals surface area contributed by atoms with E-state index in [1.165, 1.54) is 17.6 Å². The van der Waals surface area contributed by atoms with Crippen molar-refractivity contribution in [2.24, 2.45) is 4.99 Å². The van der Waals surface area contributed by atoms with Crippen LogP contribution in [0.4, 0.5) is 17.1 Å². The Morgan fingerprint density at radius 3 is 2.56 bits per heavy atom. The number of aliphatic imine (C=N–C) groups is 1. The van der Waals surface area contributed by atoms with Gasteiger partial charge in [0.05, 0.1) is 36.3 Å². The van der Waals surface area contributed by atoms with Gasteiger partial charge in [0.1, 0.15) is 12.3 Å². The van der Waals surface area contributed by atoms with Crippen LogP contribution in [0.5, 0.6) is 5.75 Å². The number of nitrogens with one attached hydrogen (secondary N) is 1. The first-order valence-electron chi connectivity index (χ1n) is 11.0. The van der Waals surface area contributed by atoms with Crippen molar-refractivity contribution < 1.29 is 14.3 Å². The summed E-state index contributed by atoms with van der Waals surface area (Å²) in [5, 5.41) is 3.40. The number of fused-ring (bicyclic) bond motifs is 1. The molecule has 2 amide bonds. The fraction of sp³-hybridized carbons (Fsp3) is 0.222. The molecule has 0 saturated heterocycles. The van der Waals surface area contributed by atoms with Gasteiger partial charge in [-0.1, -0.05) is 35.9 Å². The number of halogens is 1. The van der Waals surface area contributed by atoms with Crippen LogP contribution in [0, 0.1) is 20.8 Å². The molecule has 1 heterocycles. The van der Waals surface area contributed by atoms with Crippen LogP contribution in [0.3, 0.4) is 0 Å². The third-order valence-electron chi connectivity index (χ3n) is 5.94. The molecule has 0 aliphatic carbocycles. The lowest BCUT2D eigenvalue weighted by molar-refractivity contribution is -0.120. The lowest BCUT2D eigenvalue weighted by atomic mass is 10.0. The van der Waals surface area contributed by atoms with E-state index in [2.05, 4.69) is 5.32 Å². The van der Waals surface area contributed by atoms with Gasteiger partial charge in [-0.05, 0) is 67.3 Å². The summed E-state index contributed by atoms with van der Waals surface area (Å²) in [7, 11) is 1.51. The van der Waals surface area contributed by atoms with Crippen molar-refractivity contribution in [3.8, 4) is 5.75 Å². The summed E-state index contributed by atoms with van der Waals surface area (Å²) in [5.41, 5.74) is 6.44. The van der Waals surface area contributed by atoms with Crippen LogP contribution in [-0.2, 0) is 9.59 Å². The third kappa shape index (κ3) is 4.82. The average molecular weight is 476 g/mol. The molecule has 3 aromatic carbocycles. The van der Waals surface area contributed by atoms with E-state index in [4.69, 9.17) is 21.3 Å². The quantitative estimate of drug-likeness (QED) is 0.509. The van der Waals surface area contributed by atoms with Gasteiger partial charge in [-0.15, -0.1) is 0 Å². The maximum absolute atomic E-state index is 13.3. The second-order valence-electron chi connectivity index (χ2n) is 8.35. The predicted octanol–water partition coefficient (Wildman–Crippen LogP) is 5.77. The van der Waals surface area contributed by atoms with Crippen LogP contribution in [0.25, 0.3) is 0 Å². The number of nitrogens with zero attached hydrogens (tertiary/aromatic N) is 2. The molecule has 1 aliphatic heterocycles. The minimum absolute atomic E-state index is 0.0911. The Kier molecular flexibility index (Phi) is 6.70. The Labute approximate surface area is 204 Å². The first-order chi connectivity index (χ1) is 16.3. The van der Waals surface area contributed by atoms with Crippen LogP contribution in [0.2, 0.25) is 5.02 Å². The van der Waals surface area contributed by atoms with Gasteiger partial charge in [0.25, 0.3) is 0 Å². The highest BCUT2D eigenvalue weighted by molar-refractivity contribution is 6.31. The molecule has 7 heteroatoms. The van der Waals surface area contributed by atoms with E-state index in [0.29, 0.717) is 33.5 Å². The van der Waals surface area contributed by atoms with Crippen molar-refractivity contribution in [2.45, 2.75) is 27.2 Å². The first kappa shape index (κ1) is 23.5. The number of aryl methyl sites for hydroxylation is 3. The average Bonchev–Trinajstić information content (AvgIpc) is 2.94. The Hall–Kier alpha value is -3.64. The molecule has 34 heavy (non-hydrogen) atoms. The summed E-state index contributed by atoms with van der Waals surface area (Å²) in [4.78, 5) is 32.7. The SMILES string of the molecule is COc1cc(Cl)c(C)cc1NC(=O)CN1C(=O)CC(c2ccc(C)c(C)c2)=Nc2ccccc21. The zero-order valence-electron chi connectivity index (χ0n) is 19.6. The molecule has 0 spiro atoms. The number of para-hydroxylation sites is 2. The molecule has 1 N–H and O–H groups in total. The molecule has 6 nitrogen and oxygen atoms in total. The van der Waals surface area contributed by atoms with Crippen molar-refractivity contribution in [3.63, 3.8) is 0 Å². The van der Waals surface area contributed by atoms with Crippen molar-refractivity contribution >= 4 is 46.2 Å². The minimum atomic E-state index is -0.349. The number of benzene rings is 3. The largest absolute Gasteiger partial charge is 0.495 e. The number of amides is 2. The van der Waals surface area contributed by atoms with Gasteiger partial charge >= 0.3 is 0 Å². The summed E-state index contributed by atoms with van der Waals surface area (Å²) in [6, 6.07) is 16.8. The molecular formula is C27H26ClN3O3. The number of hydrogen-bond donors (Lipinski definition) is 1. The highest BCUT2D eigenvalue weighted by atomic mass is 35.5. The molecule has 0 aromatic heterocycles. The second-order valence-corrected chi connectivity index (χ2v) is 8.76. The van der Waals surface area contributed by atoms with E-state index < -0.39 is 0 Å². The van der Waals surface area contributed by atoms with Gasteiger partial charge in [0, 0.05) is 11.1 Å². The molecule has 3 aromatic rings. The third-order valence-corrected chi connectivity index (χ3v) is 6.35. The van der Waals surface area contributed by atoms with Crippen molar-refractivity contribution in [2.75, 3.05) is 23.9 Å². The van der Waals surface area contributed by atoms with E-state index >= 15 is 0 Å². The van der Waals surface area contributed by atoms with Gasteiger partial charge in [-0.3, -0.25) is 14.6 Å². The molecule has 1 aliphatic rings. The number of carbonyl (C=O) groups excluding carboxylic acids is 2. The van der Waals surface area contributed by atoms with Gasteiger partial charge in [-0.2, -0.15) is 0 Å². The molecule has 4 rings (SSSR count). The van der Waals surface area contributed by atoms with Crippen molar-refractivity contribution in [1.82, 2.24) is 0 Å². The first-order valence-corrected chi connectivity index (χ1v) is 11.3. The van der Waals surface area contributed by atoms with E-state index in [1.807, 2.05) is 57.2 Å². The number of carbonyl (C=O) groups is 2. The summed E-state index contributed by atoms with van der Waals surface area (Å²) < 4.78 is 5.35. The predicted molar refractivity (Wildman–Crippen MR) is 137 cm³/mol. The monoisotopic (exact) mass is 475 g/mol. The number of hydrogen-bond acceptors (Lipinski definition) is 4. The Balaban J connectivity index is 1.62. The van der Waals surface area contributed by atoms with E-state index in [9.17, 15) is 9.59 Å². The van der Waals surface area contributed by atoms with Crippen molar-refractivity contribution in [1.29, 1.82) is 0 Å². The van der Waals surface area contributed by atoms with E-state index in [0.717, 1.165) is 16.7 Å². The second kappa shape index (κ2) is 9.69. The molecule has 0 unspecified atom stereocenters. The zero-order valence-corrected chi connectivity index (χ0v) is 20.4. The number of ether oxygens (including phenoxy) is 1. The maximum Gasteiger partial charge on any atom is 0.244 e. The van der Waals surface area contributed by atoms with Gasteiger partial charge < -0.3 is 15.0 Å². The van der Waals surface area contributed by atoms with E-state index in [1.54, 1.807) is 18.2 Å². The topological polar surface area (TPSA) is 71.0 Å². The normalized spacial score (nSPS) is 13.1. The lowest BCUT2D eigenvalue weighted by Gasteiger charge is -2.22. The molecule has 0 saturated carbocycles. The van der Waals surface area contributed by atoms with Crippen LogP contribution in [-0.4, -0.2) is 31.2 Å². The van der Waals surface area contributed by atoms with Crippen LogP contribution in [0.15, 0.2) is 59.6 Å². The zero-order chi connectivity index (χ0) is 24.4. The number of anilines is 2. The summed E-state index contributed by atoms with van der Waals surface area (Å²) in [6.07, 6.45) is 0.0911. The Morgan fingerprint density at radius 1 is 1.06 bits per heavy atom. The smallest absolute Gasteiger partial charge is 0.244 e. The summed E-state index contributed by atoms with van der Waals surface area (Å²) in [5.74, 6) is -0.0963. The molecule has 0 bridgehead atoms.